The van der Waals surface area contributed by atoms with Gasteiger partial charge in [-0.05, 0) is 31.7 Å². The van der Waals surface area contributed by atoms with E-state index in [2.05, 4.69) is 45.0 Å². The van der Waals surface area contributed by atoms with Crippen LogP contribution in [0.4, 0.5) is 0 Å². The maximum Gasteiger partial charge on any atom is 0.00162 e. The van der Waals surface area contributed by atoms with E-state index in [0.717, 1.165) is 6.42 Å². The highest BCUT2D eigenvalue weighted by molar-refractivity contribution is 5.25. The van der Waals surface area contributed by atoms with Crippen LogP contribution in [0, 0.1) is 6.92 Å². The van der Waals surface area contributed by atoms with Crippen LogP contribution in [0.1, 0.15) is 37.3 Å². The van der Waals surface area contributed by atoms with Crippen molar-refractivity contribution in [3.8, 4) is 0 Å². The molecule has 0 radical (unpaired) electrons. The summed E-state index contributed by atoms with van der Waals surface area (Å²) < 4.78 is 0. The lowest BCUT2D eigenvalue weighted by Gasteiger charge is -2.14. The van der Waals surface area contributed by atoms with Gasteiger partial charge in [0.05, 0.1) is 0 Å². The van der Waals surface area contributed by atoms with Crippen LogP contribution in [-0.4, -0.2) is 6.04 Å². The molecule has 0 aliphatic heterocycles. The molecule has 0 aliphatic rings. The Morgan fingerprint density at radius 2 is 2.00 bits per heavy atom. The normalized spacial score (nSPS) is 15.4. The predicted octanol–water partition coefficient (Wildman–Crippen LogP) is 2.84. The molecule has 2 unspecified atom stereocenters. The SMILES string of the molecule is Cc1cccc(C(C)CC(C)N)c1. The molecule has 72 valence electrons. The van der Waals surface area contributed by atoms with E-state index in [0.29, 0.717) is 5.92 Å². The van der Waals surface area contributed by atoms with Crippen LogP contribution in [0.25, 0.3) is 0 Å². The van der Waals surface area contributed by atoms with Crippen LogP contribution < -0.4 is 5.73 Å². The number of hydrogen-bond donors (Lipinski definition) is 1. The van der Waals surface area contributed by atoms with Crippen molar-refractivity contribution in [1.29, 1.82) is 0 Å². The lowest BCUT2D eigenvalue weighted by molar-refractivity contribution is 0.586. The van der Waals surface area contributed by atoms with Crippen molar-refractivity contribution in [2.75, 3.05) is 0 Å². The summed E-state index contributed by atoms with van der Waals surface area (Å²) in [6, 6.07) is 8.95. The van der Waals surface area contributed by atoms with Crippen LogP contribution in [0.5, 0.6) is 0 Å². The van der Waals surface area contributed by atoms with Gasteiger partial charge in [-0.25, -0.2) is 0 Å². The highest BCUT2D eigenvalue weighted by Crippen LogP contribution is 2.20. The molecule has 0 aromatic heterocycles. The van der Waals surface area contributed by atoms with Gasteiger partial charge < -0.3 is 5.73 Å². The number of benzene rings is 1. The van der Waals surface area contributed by atoms with Crippen LogP contribution in [0.15, 0.2) is 24.3 Å². The highest BCUT2D eigenvalue weighted by Gasteiger charge is 2.07. The van der Waals surface area contributed by atoms with Gasteiger partial charge in [-0.2, -0.15) is 0 Å². The molecule has 1 heteroatoms. The molecule has 1 rings (SSSR count). The zero-order valence-electron chi connectivity index (χ0n) is 8.75. The van der Waals surface area contributed by atoms with E-state index in [1.165, 1.54) is 11.1 Å². The van der Waals surface area contributed by atoms with E-state index in [1.807, 2.05) is 0 Å². The van der Waals surface area contributed by atoms with Crippen molar-refractivity contribution >= 4 is 0 Å². The Morgan fingerprint density at radius 1 is 1.31 bits per heavy atom. The average Bonchev–Trinajstić information content (AvgIpc) is 2.03. The zero-order valence-corrected chi connectivity index (χ0v) is 8.75. The molecule has 0 aliphatic carbocycles. The molecule has 0 saturated carbocycles. The Labute approximate surface area is 81.0 Å². The summed E-state index contributed by atoms with van der Waals surface area (Å²) in [6.45, 7) is 6.42. The summed E-state index contributed by atoms with van der Waals surface area (Å²) in [6.07, 6.45) is 1.06. The van der Waals surface area contributed by atoms with E-state index in [4.69, 9.17) is 5.73 Å². The predicted molar refractivity (Wildman–Crippen MR) is 57.9 cm³/mol. The van der Waals surface area contributed by atoms with Gasteiger partial charge in [-0.3, -0.25) is 0 Å². The molecule has 0 fully saturated rings. The minimum Gasteiger partial charge on any atom is -0.328 e. The molecule has 1 nitrogen and oxygen atoms in total. The van der Waals surface area contributed by atoms with Crippen LogP contribution >= 0.6 is 0 Å². The van der Waals surface area contributed by atoms with Gasteiger partial charge in [0, 0.05) is 6.04 Å². The topological polar surface area (TPSA) is 26.0 Å². The van der Waals surface area contributed by atoms with Gasteiger partial charge in [-0.1, -0.05) is 36.8 Å². The summed E-state index contributed by atoms with van der Waals surface area (Å²) in [7, 11) is 0. The molecule has 0 amide bonds. The Hall–Kier alpha value is -0.820. The van der Waals surface area contributed by atoms with Crippen LogP contribution in [0.2, 0.25) is 0 Å². The van der Waals surface area contributed by atoms with Crippen molar-refractivity contribution in [2.45, 2.75) is 39.2 Å². The first-order valence-electron chi connectivity index (χ1n) is 4.91. The highest BCUT2D eigenvalue weighted by atomic mass is 14.6. The van der Waals surface area contributed by atoms with Crippen molar-refractivity contribution < 1.29 is 0 Å². The van der Waals surface area contributed by atoms with Crippen molar-refractivity contribution in [3.63, 3.8) is 0 Å². The summed E-state index contributed by atoms with van der Waals surface area (Å²) in [5.74, 6) is 0.569. The summed E-state index contributed by atoms with van der Waals surface area (Å²) in [5.41, 5.74) is 8.50. The minimum atomic E-state index is 0.288. The Balaban J connectivity index is 2.71. The van der Waals surface area contributed by atoms with Gasteiger partial charge in [0.15, 0.2) is 0 Å². The summed E-state index contributed by atoms with van der Waals surface area (Å²) >= 11 is 0. The maximum absolute atomic E-state index is 5.77. The van der Waals surface area contributed by atoms with E-state index in [9.17, 15) is 0 Å². The number of rotatable bonds is 3. The smallest absolute Gasteiger partial charge is 0.00162 e. The molecular formula is C12H19N. The number of aryl methyl sites for hydroxylation is 1. The fourth-order valence-electron chi connectivity index (χ4n) is 1.67. The molecule has 0 saturated heterocycles. The molecule has 1 aromatic rings. The molecule has 0 spiro atoms. The zero-order chi connectivity index (χ0) is 9.84. The van der Waals surface area contributed by atoms with E-state index < -0.39 is 0 Å². The molecule has 1 aromatic carbocycles. The van der Waals surface area contributed by atoms with Gasteiger partial charge in [-0.15, -0.1) is 0 Å². The van der Waals surface area contributed by atoms with Gasteiger partial charge >= 0.3 is 0 Å². The van der Waals surface area contributed by atoms with Crippen LogP contribution in [-0.2, 0) is 0 Å². The third-order valence-corrected chi connectivity index (χ3v) is 2.34. The molecule has 0 heterocycles. The second-order valence-corrected chi connectivity index (χ2v) is 4.03. The van der Waals surface area contributed by atoms with Crippen molar-refractivity contribution in [2.24, 2.45) is 5.73 Å². The first kappa shape index (κ1) is 10.3. The molecule has 2 atom stereocenters. The minimum absolute atomic E-state index is 0.288. The second-order valence-electron chi connectivity index (χ2n) is 4.03. The largest absolute Gasteiger partial charge is 0.328 e. The van der Waals surface area contributed by atoms with Crippen molar-refractivity contribution in [1.82, 2.24) is 0 Å². The lowest BCUT2D eigenvalue weighted by atomic mass is 9.94. The van der Waals surface area contributed by atoms with E-state index in [-0.39, 0.29) is 6.04 Å². The van der Waals surface area contributed by atoms with Crippen molar-refractivity contribution in [3.05, 3.63) is 35.4 Å². The fourth-order valence-corrected chi connectivity index (χ4v) is 1.67. The third-order valence-electron chi connectivity index (χ3n) is 2.34. The maximum atomic E-state index is 5.77. The molecule has 13 heavy (non-hydrogen) atoms. The Morgan fingerprint density at radius 3 is 2.54 bits per heavy atom. The molecular weight excluding hydrogens is 158 g/mol. The van der Waals surface area contributed by atoms with E-state index >= 15 is 0 Å². The lowest BCUT2D eigenvalue weighted by Crippen LogP contribution is -2.17. The van der Waals surface area contributed by atoms with Gasteiger partial charge in [0.1, 0.15) is 0 Å². The standard InChI is InChI=1S/C12H19N/c1-9-5-4-6-12(7-9)10(2)8-11(3)13/h4-7,10-11H,8,13H2,1-3H3. The quantitative estimate of drug-likeness (QED) is 0.755. The van der Waals surface area contributed by atoms with E-state index in [1.54, 1.807) is 0 Å². The summed E-state index contributed by atoms with van der Waals surface area (Å²) in [4.78, 5) is 0. The average molecular weight is 177 g/mol. The Kier molecular flexibility index (Phi) is 3.49. The first-order valence-corrected chi connectivity index (χ1v) is 4.91. The molecule has 0 bridgehead atoms. The van der Waals surface area contributed by atoms with Crippen LogP contribution in [0.3, 0.4) is 0 Å². The van der Waals surface area contributed by atoms with Gasteiger partial charge in [0.2, 0.25) is 0 Å². The number of hydrogen-bond acceptors (Lipinski definition) is 1. The monoisotopic (exact) mass is 177 g/mol. The fraction of sp³-hybridized carbons (Fsp3) is 0.500. The Bertz CT molecular complexity index is 266. The number of nitrogens with two attached hydrogens (primary N) is 1. The second kappa shape index (κ2) is 4.43. The third kappa shape index (κ3) is 3.19. The first-order chi connectivity index (χ1) is 6.09. The summed E-state index contributed by atoms with van der Waals surface area (Å²) in [5, 5.41) is 0. The molecule has 2 N–H and O–H groups in total. The van der Waals surface area contributed by atoms with Gasteiger partial charge in [0.25, 0.3) is 0 Å².